The van der Waals surface area contributed by atoms with Crippen LogP contribution >= 0.6 is 61.1 Å². The molecule has 0 bridgehead atoms. The van der Waals surface area contributed by atoms with Crippen LogP contribution in [0.5, 0.6) is 5.75 Å². The van der Waals surface area contributed by atoms with Gasteiger partial charge in [-0.15, -0.1) is 0 Å². The van der Waals surface area contributed by atoms with Crippen molar-refractivity contribution in [3.8, 4) is 5.75 Å². The van der Waals surface area contributed by atoms with Crippen molar-refractivity contribution in [2.24, 2.45) is 0 Å². The van der Waals surface area contributed by atoms with Gasteiger partial charge in [0.1, 0.15) is 23.9 Å². The van der Waals surface area contributed by atoms with Crippen LogP contribution < -0.4 is 10.1 Å². The Labute approximate surface area is 225 Å². The number of hydrogen-bond acceptors (Lipinski definition) is 3. The van der Waals surface area contributed by atoms with Gasteiger partial charge < -0.3 is 10.1 Å². The van der Waals surface area contributed by atoms with Crippen molar-refractivity contribution in [1.29, 1.82) is 0 Å². The average molecular weight is 733 g/mol. The maximum atomic E-state index is 13.1. The van der Waals surface area contributed by atoms with Crippen LogP contribution in [0.1, 0.15) is 16.7 Å². The number of hydrogen-bond donors (Lipinski definition) is 1. The van der Waals surface area contributed by atoms with E-state index in [4.69, 9.17) is 4.74 Å². The summed E-state index contributed by atoms with van der Waals surface area (Å²) in [6.07, 6.45) is 1.65. The van der Waals surface area contributed by atoms with E-state index in [1.54, 1.807) is 18.2 Å². The molecule has 4 rings (SSSR count). The van der Waals surface area contributed by atoms with Gasteiger partial charge in [-0.05, 0) is 104 Å². The summed E-state index contributed by atoms with van der Waals surface area (Å²) in [5.74, 6) is -0.0316. The summed E-state index contributed by atoms with van der Waals surface area (Å²) in [7, 11) is 0. The maximum Gasteiger partial charge on any atom is 0.329 e. The molecule has 0 atom stereocenters. The summed E-state index contributed by atoms with van der Waals surface area (Å²) in [5.41, 5.74) is 2.68. The number of urea groups is 1. The van der Waals surface area contributed by atoms with Gasteiger partial charge in [0.05, 0.1) is 13.7 Å². The molecule has 1 fully saturated rings. The maximum absolute atomic E-state index is 13.1. The van der Waals surface area contributed by atoms with Crippen molar-refractivity contribution in [1.82, 2.24) is 10.2 Å². The van der Waals surface area contributed by atoms with Gasteiger partial charge in [0.15, 0.2) is 0 Å². The highest BCUT2D eigenvalue weighted by Crippen LogP contribution is 2.31. The normalized spacial score (nSPS) is 14.7. The Morgan fingerprint density at radius 2 is 1.58 bits per heavy atom. The highest BCUT2D eigenvalue weighted by molar-refractivity contribution is 14.1. The molecule has 168 valence electrons. The van der Waals surface area contributed by atoms with E-state index in [0.717, 1.165) is 33.4 Å². The monoisotopic (exact) mass is 732 g/mol. The van der Waals surface area contributed by atoms with Gasteiger partial charge in [-0.25, -0.2) is 9.18 Å². The van der Waals surface area contributed by atoms with E-state index < -0.39 is 11.9 Å². The zero-order valence-corrected chi connectivity index (χ0v) is 22.8. The lowest BCUT2D eigenvalue weighted by molar-refractivity contribution is -0.123. The summed E-state index contributed by atoms with van der Waals surface area (Å²) < 4.78 is 21.9. The molecular weight excluding hydrogens is 717 g/mol. The summed E-state index contributed by atoms with van der Waals surface area (Å²) >= 11 is 7.82. The van der Waals surface area contributed by atoms with Gasteiger partial charge in [0, 0.05) is 4.47 Å². The smallest absolute Gasteiger partial charge is 0.329 e. The molecule has 0 unspecified atom stereocenters. The molecule has 5 nitrogen and oxygen atoms in total. The van der Waals surface area contributed by atoms with Crippen LogP contribution in [0.4, 0.5) is 9.18 Å². The first-order chi connectivity index (χ1) is 15.8. The number of nitrogens with zero attached hydrogens (tertiary/aromatic N) is 1. The summed E-state index contributed by atoms with van der Waals surface area (Å²) in [5, 5.41) is 2.62. The first-order valence-corrected chi connectivity index (χ1v) is 12.7. The number of halogens is 4. The lowest BCUT2D eigenvalue weighted by atomic mass is 10.1. The third-order valence-corrected chi connectivity index (χ3v) is 6.98. The van der Waals surface area contributed by atoms with E-state index in [1.165, 1.54) is 12.1 Å². The minimum Gasteiger partial charge on any atom is -0.487 e. The van der Waals surface area contributed by atoms with E-state index >= 15 is 0 Å². The fourth-order valence-corrected chi connectivity index (χ4v) is 5.58. The Hall–Kier alpha value is -1.99. The Bertz CT molecular complexity index is 1220. The van der Waals surface area contributed by atoms with Gasteiger partial charge in [0.2, 0.25) is 0 Å². The van der Waals surface area contributed by atoms with Crippen molar-refractivity contribution >= 4 is 79.1 Å². The molecule has 0 aliphatic carbocycles. The van der Waals surface area contributed by atoms with Crippen LogP contribution in [0.2, 0.25) is 0 Å². The fourth-order valence-electron chi connectivity index (χ4n) is 3.19. The number of carbonyl (C=O) groups excluding carboxylic acids is 2. The Morgan fingerprint density at radius 3 is 2.21 bits per heavy atom. The number of ether oxygens (including phenoxy) is 1. The Kier molecular flexibility index (Phi) is 7.69. The minimum absolute atomic E-state index is 0.0696. The van der Waals surface area contributed by atoms with Gasteiger partial charge in [-0.3, -0.25) is 9.69 Å². The predicted octanol–water partition coefficient (Wildman–Crippen LogP) is 6.47. The summed E-state index contributed by atoms with van der Waals surface area (Å²) in [4.78, 5) is 26.2. The molecule has 1 aliphatic heterocycles. The number of benzene rings is 3. The molecule has 1 N–H and O–H groups in total. The number of carbonyl (C=O) groups is 2. The lowest BCUT2D eigenvalue weighted by Gasteiger charge is -2.12. The first-order valence-electron chi connectivity index (χ1n) is 9.75. The fraction of sp³-hybridized carbons (Fsp3) is 0.0833. The zero-order valence-electron chi connectivity index (χ0n) is 16.9. The van der Waals surface area contributed by atoms with Crippen LogP contribution in [-0.4, -0.2) is 16.8 Å². The SMILES string of the molecule is O=C1N/C(=C/c2cc(I)c(OCc3ccc(Br)cc3)c(I)c2)C(=O)N1Cc1ccc(F)cc1. The van der Waals surface area contributed by atoms with Crippen molar-refractivity contribution in [2.75, 3.05) is 0 Å². The van der Waals surface area contributed by atoms with Crippen molar-refractivity contribution in [3.05, 3.63) is 100 Å². The van der Waals surface area contributed by atoms with Gasteiger partial charge in [-0.2, -0.15) is 0 Å². The summed E-state index contributed by atoms with van der Waals surface area (Å²) in [6.45, 7) is 0.507. The average Bonchev–Trinajstić information content (AvgIpc) is 3.03. The quantitative estimate of drug-likeness (QED) is 0.180. The van der Waals surface area contributed by atoms with Gasteiger partial charge in [-0.1, -0.05) is 40.2 Å². The molecule has 0 radical (unpaired) electrons. The van der Waals surface area contributed by atoms with E-state index in [-0.39, 0.29) is 18.1 Å². The lowest BCUT2D eigenvalue weighted by Crippen LogP contribution is -2.30. The predicted molar refractivity (Wildman–Crippen MR) is 144 cm³/mol. The number of rotatable bonds is 6. The molecular formula is C24H16BrFI2N2O3. The second-order valence-electron chi connectivity index (χ2n) is 7.23. The minimum atomic E-state index is -0.505. The molecule has 0 aromatic heterocycles. The molecule has 33 heavy (non-hydrogen) atoms. The zero-order chi connectivity index (χ0) is 23.5. The van der Waals surface area contributed by atoms with Crippen molar-refractivity contribution < 1.29 is 18.7 Å². The van der Waals surface area contributed by atoms with Gasteiger partial charge >= 0.3 is 6.03 Å². The third-order valence-electron chi connectivity index (χ3n) is 4.84. The molecule has 9 heteroatoms. The molecule has 1 heterocycles. The second kappa shape index (κ2) is 10.5. The van der Waals surface area contributed by atoms with Crippen molar-refractivity contribution in [3.63, 3.8) is 0 Å². The Morgan fingerprint density at radius 1 is 0.970 bits per heavy atom. The standard InChI is InChI=1S/C24H16BrFI2N2O3/c25-17-5-1-15(2-6-17)13-33-22-19(27)9-16(10-20(22)28)11-21-23(31)30(24(32)29-21)12-14-3-7-18(26)8-4-14/h1-11H,12-13H2,(H,29,32)/b21-11+. The summed E-state index contributed by atoms with van der Waals surface area (Å²) in [6, 6.07) is 16.9. The number of nitrogens with one attached hydrogen (secondary N) is 1. The third kappa shape index (κ3) is 5.93. The molecule has 0 spiro atoms. The highest BCUT2D eigenvalue weighted by atomic mass is 127. The van der Waals surface area contributed by atoms with Crippen LogP contribution in [-0.2, 0) is 17.9 Å². The van der Waals surface area contributed by atoms with Crippen LogP contribution in [0, 0.1) is 13.0 Å². The topological polar surface area (TPSA) is 58.6 Å². The molecule has 3 aromatic rings. The van der Waals surface area contributed by atoms with E-state index in [1.807, 2.05) is 36.4 Å². The van der Waals surface area contributed by atoms with E-state index in [0.29, 0.717) is 12.2 Å². The largest absolute Gasteiger partial charge is 0.487 e. The van der Waals surface area contributed by atoms with Gasteiger partial charge in [0.25, 0.3) is 5.91 Å². The highest BCUT2D eigenvalue weighted by Gasteiger charge is 2.33. The molecule has 3 amide bonds. The Balaban J connectivity index is 1.49. The van der Waals surface area contributed by atoms with Crippen LogP contribution in [0.15, 0.2) is 70.8 Å². The molecule has 1 saturated heterocycles. The van der Waals surface area contributed by atoms with Crippen molar-refractivity contribution in [2.45, 2.75) is 13.2 Å². The number of amides is 3. The number of imide groups is 1. The van der Waals surface area contributed by atoms with Crippen LogP contribution in [0.3, 0.4) is 0 Å². The van der Waals surface area contributed by atoms with Crippen LogP contribution in [0.25, 0.3) is 6.08 Å². The molecule has 3 aromatic carbocycles. The second-order valence-corrected chi connectivity index (χ2v) is 10.5. The van der Waals surface area contributed by atoms with E-state index in [2.05, 4.69) is 66.4 Å². The molecule has 1 aliphatic rings. The van der Waals surface area contributed by atoms with E-state index in [9.17, 15) is 14.0 Å². The molecule has 0 saturated carbocycles. The first kappa shape index (κ1) is 24.1.